The highest BCUT2D eigenvalue weighted by Gasteiger charge is 2.13. The standard InChI is InChI=1S/C26H39N3O6/c1-5-7-8-9-10-16-29-25(31)24(27-28(4)26(29)32)33-17-12-14-21-13-11-15-22(18-21)35-20(3)19-34-23(30)6-2/h11,13,15,18,20H,5-10,12,14,16-17,19H2,1-4H3. The first-order valence-corrected chi connectivity index (χ1v) is 12.6. The Labute approximate surface area is 207 Å². The number of carbonyl (C=O) groups is 1. The Morgan fingerprint density at radius 1 is 1.09 bits per heavy atom. The quantitative estimate of drug-likeness (QED) is 0.262. The van der Waals surface area contributed by atoms with E-state index in [1.165, 1.54) is 11.6 Å². The van der Waals surface area contributed by atoms with Crippen LogP contribution in [-0.4, -0.2) is 39.6 Å². The molecule has 0 spiro atoms. The minimum atomic E-state index is -0.475. The SMILES string of the molecule is CCCCCCCn1c(=O)c(OCCCc2cccc(OC(C)COC(=O)CC)c2)nn(C)c1=O. The van der Waals surface area contributed by atoms with Gasteiger partial charge in [-0.25, -0.2) is 9.48 Å². The van der Waals surface area contributed by atoms with Crippen molar-refractivity contribution in [3.8, 4) is 11.6 Å². The van der Waals surface area contributed by atoms with Crippen LogP contribution >= 0.6 is 0 Å². The van der Waals surface area contributed by atoms with E-state index >= 15 is 0 Å². The molecule has 1 heterocycles. The van der Waals surface area contributed by atoms with Gasteiger partial charge in [-0.15, -0.1) is 5.10 Å². The topological polar surface area (TPSA) is 102 Å². The van der Waals surface area contributed by atoms with E-state index in [1.54, 1.807) is 6.92 Å². The molecular formula is C26H39N3O6. The van der Waals surface area contributed by atoms with E-state index in [2.05, 4.69) is 12.0 Å². The maximum atomic E-state index is 12.7. The van der Waals surface area contributed by atoms with Gasteiger partial charge in [-0.1, -0.05) is 51.7 Å². The molecule has 1 atom stereocenters. The number of nitrogens with zero attached hydrogens (tertiary/aromatic N) is 3. The predicted molar refractivity (Wildman–Crippen MR) is 134 cm³/mol. The number of aromatic nitrogens is 3. The number of ether oxygens (including phenoxy) is 3. The van der Waals surface area contributed by atoms with Crippen LogP contribution < -0.4 is 20.7 Å². The first-order chi connectivity index (χ1) is 16.8. The van der Waals surface area contributed by atoms with Crippen molar-refractivity contribution in [2.24, 2.45) is 7.05 Å². The zero-order valence-electron chi connectivity index (χ0n) is 21.5. The molecule has 2 aromatic rings. The van der Waals surface area contributed by atoms with Gasteiger partial charge >= 0.3 is 17.2 Å². The Balaban J connectivity index is 1.87. The Morgan fingerprint density at radius 2 is 1.86 bits per heavy atom. The lowest BCUT2D eigenvalue weighted by Crippen LogP contribution is -2.41. The van der Waals surface area contributed by atoms with E-state index in [0.717, 1.165) is 42.3 Å². The zero-order valence-corrected chi connectivity index (χ0v) is 21.5. The fourth-order valence-electron chi connectivity index (χ4n) is 3.56. The molecule has 0 saturated heterocycles. The average Bonchev–Trinajstić information content (AvgIpc) is 2.85. The molecule has 0 radical (unpaired) electrons. The third kappa shape index (κ3) is 9.58. The van der Waals surface area contributed by atoms with Crippen LogP contribution in [0, 0.1) is 0 Å². The maximum absolute atomic E-state index is 12.7. The van der Waals surface area contributed by atoms with Gasteiger partial charge in [-0.2, -0.15) is 0 Å². The number of hydrogen-bond donors (Lipinski definition) is 0. The summed E-state index contributed by atoms with van der Waals surface area (Å²) in [6.45, 7) is 6.62. The van der Waals surface area contributed by atoms with Crippen LogP contribution in [0.1, 0.15) is 71.3 Å². The predicted octanol–water partition coefficient (Wildman–Crippen LogP) is 3.64. The molecule has 0 fully saturated rings. The zero-order chi connectivity index (χ0) is 25.6. The molecule has 2 rings (SSSR count). The molecule has 9 nitrogen and oxygen atoms in total. The van der Waals surface area contributed by atoms with Crippen molar-refractivity contribution in [3.63, 3.8) is 0 Å². The fraction of sp³-hybridized carbons (Fsp3) is 0.615. The van der Waals surface area contributed by atoms with Crippen LogP contribution in [0.25, 0.3) is 0 Å². The number of carbonyl (C=O) groups excluding carboxylic acids is 1. The molecule has 0 aliphatic heterocycles. The smallest absolute Gasteiger partial charge is 0.347 e. The number of unbranched alkanes of at least 4 members (excludes halogenated alkanes) is 4. The summed E-state index contributed by atoms with van der Waals surface area (Å²) in [5.74, 6) is 0.402. The van der Waals surface area contributed by atoms with Crippen molar-refractivity contribution >= 4 is 5.97 Å². The second kappa shape index (κ2) is 15.0. The number of benzene rings is 1. The van der Waals surface area contributed by atoms with Crippen molar-refractivity contribution in [3.05, 3.63) is 50.7 Å². The second-order valence-corrected chi connectivity index (χ2v) is 8.65. The molecule has 35 heavy (non-hydrogen) atoms. The normalized spacial score (nSPS) is 11.8. The summed E-state index contributed by atoms with van der Waals surface area (Å²) in [5, 5.41) is 4.01. The minimum absolute atomic E-state index is 0.0480. The van der Waals surface area contributed by atoms with Crippen LogP contribution in [0.2, 0.25) is 0 Å². The number of esters is 1. The molecule has 0 saturated carbocycles. The van der Waals surface area contributed by atoms with Crippen LogP contribution in [0.3, 0.4) is 0 Å². The van der Waals surface area contributed by atoms with Crippen molar-refractivity contribution in [2.45, 2.75) is 84.8 Å². The van der Waals surface area contributed by atoms with Gasteiger partial charge in [0.2, 0.25) is 0 Å². The van der Waals surface area contributed by atoms with Crippen LogP contribution in [0.5, 0.6) is 11.6 Å². The van der Waals surface area contributed by atoms with Gasteiger partial charge in [-0.3, -0.25) is 14.2 Å². The van der Waals surface area contributed by atoms with Crippen molar-refractivity contribution in [1.29, 1.82) is 0 Å². The van der Waals surface area contributed by atoms with Gasteiger partial charge in [0.05, 0.1) is 6.61 Å². The lowest BCUT2D eigenvalue weighted by Gasteiger charge is -2.15. The van der Waals surface area contributed by atoms with Crippen molar-refractivity contribution < 1.29 is 19.0 Å². The van der Waals surface area contributed by atoms with Crippen molar-refractivity contribution in [1.82, 2.24) is 14.3 Å². The van der Waals surface area contributed by atoms with Gasteiger partial charge in [0.1, 0.15) is 18.5 Å². The molecule has 1 aromatic carbocycles. The summed E-state index contributed by atoms with van der Waals surface area (Å²) in [5.41, 5.74) is 0.159. The third-order valence-electron chi connectivity index (χ3n) is 5.51. The molecule has 9 heteroatoms. The van der Waals surface area contributed by atoms with Crippen molar-refractivity contribution in [2.75, 3.05) is 13.2 Å². The Kier molecular flexibility index (Phi) is 12.1. The Hall–Kier alpha value is -3.10. The monoisotopic (exact) mass is 489 g/mol. The summed E-state index contributed by atoms with van der Waals surface area (Å²) in [6.07, 6.45) is 6.60. The van der Waals surface area contributed by atoms with E-state index in [9.17, 15) is 14.4 Å². The molecule has 0 aliphatic carbocycles. The fourth-order valence-corrected chi connectivity index (χ4v) is 3.56. The summed E-state index contributed by atoms with van der Waals surface area (Å²) < 4.78 is 19.0. The Bertz CT molecular complexity index is 1050. The molecule has 1 unspecified atom stereocenters. The first kappa shape index (κ1) is 28.1. The summed E-state index contributed by atoms with van der Waals surface area (Å²) in [4.78, 5) is 36.3. The van der Waals surface area contributed by atoms with Crippen LogP contribution in [-0.2, 0) is 29.5 Å². The van der Waals surface area contributed by atoms with Crippen LogP contribution in [0.4, 0.5) is 0 Å². The lowest BCUT2D eigenvalue weighted by atomic mass is 10.1. The summed E-state index contributed by atoms with van der Waals surface area (Å²) in [6, 6.07) is 7.69. The lowest BCUT2D eigenvalue weighted by molar-refractivity contribution is -0.145. The largest absolute Gasteiger partial charge is 0.487 e. The highest BCUT2D eigenvalue weighted by Crippen LogP contribution is 2.16. The van der Waals surface area contributed by atoms with E-state index in [1.807, 2.05) is 31.2 Å². The molecule has 0 N–H and O–H groups in total. The molecular weight excluding hydrogens is 450 g/mol. The second-order valence-electron chi connectivity index (χ2n) is 8.65. The summed E-state index contributed by atoms with van der Waals surface area (Å²) >= 11 is 0. The molecule has 194 valence electrons. The van der Waals surface area contributed by atoms with Gasteiger partial charge < -0.3 is 14.2 Å². The minimum Gasteiger partial charge on any atom is -0.487 e. The maximum Gasteiger partial charge on any atom is 0.347 e. The highest BCUT2D eigenvalue weighted by atomic mass is 16.6. The van der Waals surface area contributed by atoms with E-state index in [0.29, 0.717) is 38.2 Å². The first-order valence-electron chi connectivity index (χ1n) is 12.6. The molecule has 1 aromatic heterocycles. The molecule has 0 amide bonds. The van der Waals surface area contributed by atoms with E-state index in [4.69, 9.17) is 14.2 Å². The number of rotatable bonds is 16. The van der Waals surface area contributed by atoms with E-state index in [-0.39, 0.29) is 24.6 Å². The molecule has 0 aliphatic rings. The number of aryl methyl sites for hydroxylation is 2. The summed E-state index contributed by atoms with van der Waals surface area (Å²) in [7, 11) is 1.53. The van der Waals surface area contributed by atoms with Gasteiger partial charge in [0, 0.05) is 20.0 Å². The number of hydrogen-bond acceptors (Lipinski definition) is 7. The third-order valence-corrected chi connectivity index (χ3v) is 5.51. The van der Waals surface area contributed by atoms with E-state index < -0.39 is 11.2 Å². The van der Waals surface area contributed by atoms with Gasteiger partial charge in [-0.05, 0) is 43.9 Å². The highest BCUT2D eigenvalue weighted by molar-refractivity contribution is 5.68. The van der Waals surface area contributed by atoms with Gasteiger partial charge in [0.15, 0.2) is 0 Å². The average molecular weight is 490 g/mol. The molecule has 0 bridgehead atoms. The Morgan fingerprint density at radius 3 is 2.60 bits per heavy atom. The van der Waals surface area contributed by atoms with Gasteiger partial charge in [0.25, 0.3) is 5.88 Å². The van der Waals surface area contributed by atoms with Crippen LogP contribution in [0.15, 0.2) is 33.9 Å².